The molecule has 3 nitrogen and oxygen atoms in total. The molecule has 0 bridgehead atoms. The number of aromatic amines is 1. The topological polar surface area (TPSA) is 33.6 Å². The number of fused-ring (bicyclic) bond motifs is 1. The van der Waals surface area contributed by atoms with E-state index in [0.29, 0.717) is 4.77 Å². The van der Waals surface area contributed by atoms with Crippen molar-refractivity contribution in [3.63, 3.8) is 0 Å². The van der Waals surface area contributed by atoms with Crippen LogP contribution in [0, 0.1) is 11.7 Å². The van der Waals surface area contributed by atoms with Gasteiger partial charge in [-0.1, -0.05) is 28.1 Å². The summed E-state index contributed by atoms with van der Waals surface area (Å²) in [4.78, 5) is 7.76. The second-order valence-corrected chi connectivity index (χ2v) is 5.77. The minimum Gasteiger partial charge on any atom is -0.329 e. The van der Waals surface area contributed by atoms with Gasteiger partial charge in [0.1, 0.15) is 0 Å². The van der Waals surface area contributed by atoms with E-state index in [1.54, 1.807) is 0 Å². The molecule has 2 aromatic heterocycles. The number of imidazole rings is 1. The Morgan fingerprint density at radius 3 is 2.68 bits per heavy atom. The van der Waals surface area contributed by atoms with E-state index in [2.05, 4.69) is 38.0 Å². The fourth-order valence-corrected chi connectivity index (χ4v) is 2.57. The maximum atomic E-state index is 5.38. The molecule has 0 aliphatic rings. The summed E-state index contributed by atoms with van der Waals surface area (Å²) in [5.41, 5.74) is 4.08. The number of hydrogen-bond donors (Lipinski definition) is 1. The normalized spacial score (nSPS) is 11.1. The predicted octanol–water partition coefficient (Wildman–Crippen LogP) is 4.21. The molecule has 2 heterocycles. The summed E-state index contributed by atoms with van der Waals surface area (Å²) in [6, 6.07) is 12.2. The van der Waals surface area contributed by atoms with Gasteiger partial charge in [-0.05, 0) is 49.0 Å². The number of aromatic nitrogens is 3. The number of H-pyrrole nitrogens is 1. The third-order valence-electron chi connectivity index (χ3n) is 3.01. The summed E-state index contributed by atoms with van der Waals surface area (Å²) in [5.74, 6) is 0. The van der Waals surface area contributed by atoms with E-state index >= 15 is 0 Å². The van der Waals surface area contributed by atoms with Gasteiger partial charge >= 0.3 is 0 Å². The van der Waals surface area contributed by atoms with Crippen LogP contribution in [0.25, 0.3) is 11.2 Å². The van der Waals surface area contributed by atoms with Crippen LogP contribution in [0.2, 0.25) is 0 Å². The van der Waals surface area contributed by atoms with E-state index < -0.39 is 0 Å². The van der Waals surface area contributed by atoms with Crippen LogP contribution in [0.1, 0.15) is 11.3 Å². The van der Waals surface area contributed by atoms with Gasteiger partial charge in [0.2, 0.25) is 0 Å². The fourth-order valence-electron chi connectivity index (χ4n) is 2.04. The van der Waals surface area contributed by atoms with E-state index in [4.69, 9.17) is 12.2 Å². The van der Waals surface area contributed by atoms with E-state index in [9.17, 15) is 0 Å². The smallest absolute Gasteiger partial charge is 0.179 e. The van der Waals surface area contributed by atoms with Crippen molar-refractivity contribution in [2.45, 2.75) is 13.5 Å². The van der Waals surface area contributed by atoms with Crippen LogP contribution in [0.4, 0.5) is 0 Å². The molecule has 19 heavy (non-hydrogen) atoms. The number of nitrogens with one attached hydrogen (secondary N) is 1. The van der Waals surface area contributed by atoms with Crippen molar-refractivity contribution in [1.29, 1.82) is 0 Å². The van der Waals surface area contributed by atoms with E-state index in [1.165, 1.54) is 5.56 Å². The van der Waals surface area contributed by atoms with Gasteiger partial charge in [0, 0.05) is 10.2 Å². The van der Waals surface area contributed by atoms with Crippen LogP contribution in [0.3, 0.4) is 0 Å². The van der Waals surface area contributed by atoms with Crippen LogP contribution in [0.15, 0.2) is 40.9 Å². The molecule has 0 saturated heterocycles. The van der Waals surface area contributed by atoms with Gasteiger partial charge in [-0.2, -0.15) is 0 Å². The monoisotopic (exact) mass is 333 g/mol. The van der Waals surface area contributed by atoms with Gasteiger partial charge in [-0.15, -0.1) is 0 Å². The first kappa shape index (κ1) is 12.6. The first-order valence-corrected chi connectivity index (χ1v) is 7.14. The van der Waals surface area contributed by atoms with Crippen LogP contribution < -0.4 is 0 Å². The highest BCUT2D eigenvalue weighted by Crippen LogP contribution is 2.16. The molecule has 0 aliphatic carbocycles. The van der Waals surface area contributed by atoms with Crippen molar-refractivity contribution in [3.05, 3.63) is 56.9 Å². The standard InChI is InChI=1S/C14H12BrN3S/c1-9-2-7-12-13(16-9)18(14(19)17-12)8-10-3-5-11(15)6-4-10/h2-7H,8H2,1H3,(H,17,19). The highest BCUT2D eigenvalue weighted by Gasteiger charge is 2.06. The molecule has 0 amide bonds. The van der Waals surface area contributed by atoms with Crippen LogP contribution >= 0.6 is 28.1 Å². The Hall–Kier alpha value is -1.46. The van der Waals surface area contributed by atoms with Crippen molar-refractivity contribution in [3.8, 4) is 0 Å². The lowest BCUT2D eigenvalue weighted by Gasteiger charge is -2.05. The lowest BCUT2D eigenvalue weighted by atomic mass is 10.2. The number of halogens is 1. The molecule has 5 heteroatoms. The van der Waals surface area contributed by atoms with Crippen molar-refractivity contribution in [2.24, 2.45) is 0 Å². The average molecular weight is 334 g/mol. The van der Waals surface area contributed by atoms with Gasteiger partial charge in [-0.3, -0.25) is 4.57 Å². The number of rotatable bonds is 2. The van der Waals surface area contributed by atoms with Crippen molar-refractivity contribution in [2.75, 3.05) is 0 Å². The van der Waals surface area contributed by atoms with Gasteiger partial charge < -0.3 is 4.98 Å². The first-order chi connectivity index (χ1) is 9.13. The van der Waals surface area contributed by atoms with Crippen molar-refractivity contribution < 1.29 is 0 Å². The summed E-state index contributed by atoms with van der Waals surface area (Å²) in [6.07, 6.45) is 0. The fraction of sp³-hybridized carbons (Fsp3) is 0.143. The summed E-state index contributed by atoms with van der Waals surface area (Å²) in [6.45, 7) is 2.71. The number of benzene rings is 1. The minimum atomic E-state index is 0.705. The first-order valence-electron chi connectivity index (χ1n) is 5.94. The van der Waals surface area contributed by atoms with Gasteiger partial charge in [0.25, 0.3) is 0 Å². The molecule has 96 valence electrons. The van der Waals surface area contributed by atoms with Crippen molar-refractivity contribution in [1.82, 2.24) is 14.5 Å². The zero-order valence-electron chi connectivity index (χ0n) is 10.4. The Kier molecular flexibility index (Phi) is 3.24. The molecule has 0 aliphatic heterocycles. The van der Waals surface area contributed by atoms with E-state index in [1.807, 2.05) is 35.8 Å². The predicted molar refractivity (Wildman–Crippen MR) is 82.9 cm³/mol. The molecular weight excluding hydrogens is 322 g/mol. The third kappa shape index (κ3) is 2.48. The molecular formula is C14H12BrN3S. The lowest BCUT2D eigenvalue weighted by Crippen LogP contribution is -2.01. The van der Waals surface area contributed by atoms with Crippen LogP contribution in [-0.2, 0) is 6.54 Å². The minimum absolute atomic E-state index is 0.705. The molecule has 3 aromatic rings. The second kappa shape index (κ2) is 4.90. The molecule has 0 saturated carbocycles. The Balaban J connectivity index is 2.09. The molecule has 0 atom stereocenters. The summed E-state index contributed by atoms with van der Waals surface area (Å²) in [7, 11) is 0. The van der Waals surface area contributed by atoms with Gasteiger partial charge in [0.15, 0.2) is 10.4 Å². The third-order valence-corrected chi connectivity index (χ3v) is 3.86. The SMILES string of the molecule is Cc1ccc2[nH]c(=S)n(Cc3ccc(Br)cc3)c2n1. The quantitative estimate of drug-likeness (QED) is 0.712. The molecule has 1 aromatic carbocycles. The second-order valence-electron chi connectivity index (χ2n) is 4.47. The Morgan fingerprint density at radius 2 is 1.95 bits per heavy atom. The van der Waals surface area contributed by atoms with Crippen LogP contribution in [-0.4, -0.2) is 14.5 Å². The van der Waals surface area contributed by atoms with E-state index in [0.717, 1.165) is 27.9 Å². The van der Waals surface area contributed by atoms with Gasteiger partial charge in [-0.25, -0.2) is 4.98 Å². The lowest BCUT2D eigenvalue weighted by molar-refractivity contribution is 0.799. The molecule has 0 spiro atoms. The zero-order chi connectivity index (χ0) is 13.4. The van der Waals surface area contributed by atoms with Crippen LogP contribution in [0.5, 0.6) is 0 Å². The Morgan fingerprint density at radius 1 is 1.21 bits per heavy atom. The molecule has 3 rings (SSSR count). The largest absolute Gasteiger partial charge is 0.329 e. The van der Waals surface area contributed by atoms with Gasteiger partial charge in [0.05, 0.1) is 12.1 Å². The summed E-state index contributed by atoms with van der Waals surface area (Å²) in [5, 5.41) is 0. The maximum absolute atomic E-state index is 5.38. The molecule has 0 unspecified atom stereocenters. The van der Waals surface area contributed by atoms with Crippen molar-refractivity contribution >= 4 is 39.3 Å². The number of hydrogen-bond acceptors (Lipinski definition) is 2. The maximum Gasteiger partial charge on any atom is 0.179 e. The Labute approximate surface area is 124 Å². The highest BCUT2D eigenvalue weighted by molar-refractivity contribution is 9.10. The van der Waals surface area contributed by atoms with E-state index in [-0.39, 0.29) is 0 Å². The number of pyridine rings is 1. The average Bonchev–Trinajstić information content (AvgIpc) is 2.69. The number of nitrogens with zero attached hydrogens (tertiary/aromatic N) is 2. The molecule has 1 N–H and O–H groups in total. The zero-order valence-corrected chi connectivity index (χ0v) is 12.8. The number of aryl methyl sites for hydroxylation is 1. The highest BCUT2D eigenvalue weighted by atomic mass is 79.9. The molecule has 0 radical (unpaired) electrons. The summed E-state index contributed by atoms with van der Waals surface area (Å²) < 4.78 is 3.81. The summed E-state index contributed by atoms with van der Waals surface area (Å²) >= 11 is 8.82. The molecule has 0 fully saturated rings. The Bertz CT molecular complexity index is 787.